The molecule has 0 spiro atoms. The quantitative estimate of drug-likeness (QED) is 0.328. The lowest BCUT2D eigenvalue weighted by molar-refractivity contribution is -0.925. The zero-order chi connectivity index (χ0) is 20.5. The highest BCUT2D eigenvalue weighted by Gasteiger charge is 2.34. The van der Waals surface area contributed by atoms with Crippen molar-refractivity contribution < 1.29 is 34.3 Å². The summed E-state index contributed by atoms with van der Waals surface area (Å²) in [4.78, 5) is 0. The van der Waals surface area contributed by atoms with Gasteiger partial charge in [0.1, 0.15) is 12.4 Å². The predicted molar refractivity (Wildman–Crippen MR) is 114 cm³/mol. The summed E-state index contributed by atoms with van der Waals surface area (Å²) in [6.07, 6.45) is 9.30. The Labute approximate surface area is 187 Å². The van der Waals surface area contributed by atoms with E-state index >= 15 is 0 Å². The van der Waals surface area contributed by atoms with Gasteiger partial charge in [-0.15, -0.1) is 0 Å². The molecule has 1 aromatic carbocycles. The molecule has 7 heteroatoms. The molecule has 0 saturated carbocycles. The molecular formula is C22H38BrFN2O2S. The molecule has 1 fully saturated rings. The van der Waals surface area contributed by atoms with Gasteiger partial charge in [0.05, 0.1) is 39.0 Å². The van der Waals surface area contributed by atoms with E-state index in [0.717, 1.165) is 48.9 Å². The first-order valence-electron chi connectivity index (χ1n) is 10.9. The van der Waals surface area contributed by atoms with Crippen molar-refractivity contribution in [2.45, 2.75) is 64.8 Å². The van der Waals surface area contributed by atoms with Crippen LogP contribution in [0.4, 0.5) is 4.39 Å². The van der Waals surface area contributed by atoms with Gasteiger partial charge < -0.3 is 21.5 Å². The fourth-order valence-electron chi connectivity index (χ4n) is 3.94. The summed E-state index contributed by atoms with van der Waals surface area (Å²) < 4.78 is 40.9. The van der Waals surface area contributed by atoms with Crippen LogP contribution in [0.2, 0.25) is 0 Å². The Kier molecular flexibility index (Phi) is 11.9. The molecule has 1 aromatic rings. The first-order valence-corrected chi connectivity index (χ1v) is 12.5. The molecule has 0 unspecified atom stereocenters. The van der Waals surface area contributed by atoms with Crippen molar-refractivity contribution in [1.29, 1.82) is 0 Å². The number of unbranched alkanes of at least 4 members (excludes halogenated alkanes) is 7. The van der Waals surface area contributed by atoms with Crippen LogP contribution in [0.3, 0.4) is 0 Å². The van der Waals surface area contributed by atoms with Gasteiger partial charge in [0.25, 0.3) is 0 Å². The van der Waals surface area contributed by atoms with Crippen LogP contribution < -0.4 is 17.0 Å². The molecule has 0 radical (unpaired) electrons. The van der Waals surface area contributed by atoms with Gasteiger partial charge in [-0.05, 0) is 18.6 Å². The lowest BCUT2D eigenvalue weighted by Gasteiger charge is -2.41. The Morgan fingerprint density at radius 1 is 0.931 bits per heavy atom. The van der Waals surface area contributed by atoms with Crippen molar-refractivity contribution in [2.24, 2.45) is 0 Å². The highest BCUT2D eigenvalue weighted by Crippen LogP contribution is 2.19. The minimum atomic E-state index is -3.14. The first kappa shape index (κ1) is 26.5. The van der Waals surface area contributed by atoms with E-state index in [0.29, 0.717) is 13.1 Å². The number of hydrogen-bond donors (Lipinski definition) is 0. The van der Waals surface area contributed by atoms with Gasteiger partial charge in [-0.3, -0.25) is 0 Å². The number of hydrogen-bond acceptors (Lipinski definition) is 2. The van der Waals surface area contributed by atoms with E-state index in [4.69, 9.17) is 0 Å². The molecular weight excluding hydrogens is 455 g/mol. The Morgan fingerprint density at radius 3 is 2.00 bits per heavy atom. The number of nitrogens with zero attached hydrogens (tertiary/aromatic N) is 2. The van der Waals surface area contributed by atoms with Crippen molar-refractivity contribution in [3.05, 3.63) is 35.6 Å². The molecule has 0 aromatic heterocycles. The van der Waals surface area contributed by atoms with Crippen molar-refractivity contribution in [3.8, 4) is 0 Å². The molecule has 0 aliphatic carbocycles. The maximum absolute atomic E-state index is 13.1. The molecule has 29 heavy (non-hydrogen) atoms. The van der Waals surface area contributed by atoms with Crippen molar-refractivity contribution in [3.63, 3.8) is 0 Å². The molecule has 0 atom stereocenters. The van der Waals surface area contributed by atoms with E-state index < -0.39 is 10.0 Å². The molecule has 2 rings (SSSR count). The first-order chi connectivity index (χ1) is 13.3. The number of quaternary nitrogens is 1. The summed E-state index contributed by atoms with van der Waals surface area (Å²) in [7, 11) is -0.981. The third kappa shape index (κ3) is 9.45. The van der Waals surface area contributed by atoms with Gasteiger partial charge in [0, 0.05) is 5.56 Å². The largest absolute Gasteiger partial charge is 1.00 e. The standard InChI is InChI=1S/C22H38FN2O2S.BrH/c1-3-4-5-6-7-8-9-10-19-28(26,27)24-15-17-25(2,18-16-24)20-21-11-13-22(23)14-12-21;/h11-14H,3-10,15-20H2,1-2H3;1H/q+1;/p-1. The molecule has 1 saturated heterocycles. The summed E-state index contributed by atoms with van der Waals surface area (Å²) in [5, 5.41) is 0. The third-order valence-corrected chi connectivity index (χ3v) is 7.86. The molecule has 4 nitrogen and oxygen atoms in total. The second-order valence-electron chi connectivity index (χ2n) is 8.54. The summed E-state index contributed by atoms with van der Waals surface area (Å²) in [5.74, 6) is 0.0622. The number of sulfonamides is 1. The fourth-order valence-corrected chi connectivity index (χ4v) is 5.49. The lowest BCUT2D eigenvalue weighted by atomic mass is 10.1. The smallest absolute Gasteiger partial charge is 0.214 e. The van der Waals surface area contributed by atoms with Crippen LogP contribution in [-0.2, 0) is 16.6 Å². The Balaban J connectivity index is 0.00000420. The minimum absolute atomic E-state index is 0. The van der Waals surface area contributed by atoms with E-state index in [1.165, 1.54) is 44.2 Å². The molecule has 0 amide bonds. The van der Waals surface area contributed by atoms with Crippen LogP contribution in [0, 0.1) is 5.82 Å². The topological polar surface area (TPSA) is 37.4 Å². The predicted octanol–water partition coefficient (Wildman–Crippen LogP) is 1.56. The summed E-state index contributed by atoms with van der Waals surface area (Å²) >= 11 is 0. The van der Waals surface area contributed by atoms with Gasteiger partial charge in [0.2, 0.25) is 10.0 Å². The highest BCUT2D eigenvalue weighted by molar-refractivity contribution is 7.89. The van der Waals surface area contributed by atoms with Crippen molar-refractivity contribution in [2.75, 3.05) is 39.0 Å². The zero-order valence-corrected chi connectivity index (χ0v) is 20.5. The molecule has 1 heterocycles. The molecule has 0 N–H and O–H groups in total. The molecule has 1 aliphatic heterocycles. The van der Waals surface area contributed by atoms with Gasteiger partial charge in [-0.2, -0.15) is 4.31 Å². The monoisotopic (exact) mass is 492 g/mol. The maximum Gasteiger partial charge on any atom is 0.214 e. The SMILES string of the molecule is CCCCCCCCCCS(=O)(=O)N1CC[N+](C)(Cc2ccc(F)cc2)CC1.[Br-]. The normalized spacial score (nSPS) is 17.1. The molecule has 0 bridgehead atoms. The van der Waals surface area contributed by atoms with E-state index in [1.54, 1.807) is 4.31 Å². The van der Waals surface area contributed by atoms with Crippen molar-refractivity contribution >= 4 is 10.0 Å². The van der Waals surface area contributed by atoms with Crippen LogP contribution in [-0.4, -0.2) is 56.2 Å². The molecule has 1 aliphatic rings. The average Bonchev–Trinajstić information content (AvgIpc) is 2.66. The second kappa shape index (κ2) is 13.0. The fraction of sp³-hybridized carbons (Fsp3) is 0.727. The van der Waals surface area contributed by atoms with Crippen LogP contribution >= 0.6 is 0 Å². The van der Waals surface area contributed by atoms with Crippen LogP contribution in [0.1, 0.15) is 63.9 Å². The number of piperazine rings is 1. The Morgan fingerprint density at radius 2 is 1.45 bits per heavy atom. The van der Waals surface area contributed by atoms with Gasteiger partial charge in [-0.1, -0.05) is 64.0 Å². The van der Waals surface area contributed by atoms with E-state index in [9.17, 15) is 12.8 Å². The van der Waals surface area contributed by atoms with Crippen LogP contribution in [0.5, 0.6) is 0 Å². The summed E-state index contributed by atoms with van der Waals surface area (Å²) in [6.45, 7) is 5.79. The Bertz CT molecular complexity index is 675. The second-order valence-corrected chi connectivity index (χ2v) is 10.6. The van der Waals surface area contributed by atoms with Crippen molar-refractivity contribution in [1.82, 2.24) is 4.31 Å². The van der Waals surface area contributed by atoms with Gasteiger partial charge in [0.15, 0.2) is 0 Å². The summed E-state index contributed by atoms with van der Waals surface area (Å²) in [6, 6.07) is 6.63. The molecule has 168 valence electrons. The van der Waals surface area contributed by atoms with E-state index in [2.05, 4.69) is 14.0 Å². The maximum atomic E-state index is 13.1. The zero-order valence-electron chi connectivity index (χ0n) is 18.1. The minimum Gasteiger partial charge on any atom is -1.00 e. The summed E-state index contributed by atoms with van der Waals surface area (Å²) in [5.41, 5.74) is 1.10. The van der Waals surface area contributed by atoms with Gasteiger partial charge >= 0.3 is 0 Å². The number of rotatable bonds is 12. The van der Waals surface area contributed by atoms with E-state index in [-0.39, 0.29) is 28.6 Å². The van der Waals surface area contributed by atoms with Crippen LogP contribution in [0.15, 0.2) is 24.3 Å². The Hall–Kier alpha value is -0.500. The average molecular weight is 494 g/mol. The highest BCUT2D eigenvalue weighted by atomic mass is 79.9. The number of halogens is 2. The van der Waals surface area contributed by atoms with Gasteiger partial charge in [-0.25, -0.2) is 12.8 Å². The third-order valence-electron chi connectivity index (χ3n) is 5.91. The number of likely N-dealkylation sites (N-methyl/N-ethyl adjacent to an activating group) is 1. The van der Waals surface area contributed by atoms with Crippen LogP contribution in [0.25, 0.3) is 0 Å². The lowest BCUT2D eigenvalue weighted by Crippen LogP contribution is -3.00. The van der Waals surface area contributed by atoms with E-state index in [1.807, 2.05) is 12.1 Å². The number of benzene rings is 1.